The van der Waals surface area contributed by atoms with Crippen molar-refractivity contribution in [3.05, 3.63) is 0 Å². The van der Waals surface area contributed by atoms with E-state index in [0.29, 0.717) is 12.6 Å². The zero-order chi connectivity index (χ0) is 20.5. The number of guanidine groups is 1. The molecule has 28 heavy (non-hydrogen) atoms. The summed E-state index contributed by atoms with van der Waals surface area (Å²) in [5.41, 5.74) is 0. The van der Waals surface area contributed by atoms with Crippen LogP contribution in [-0.2, 0) is 4.79 Å². The number of unbranched alkanes of at least 4 members (excludes halogenated alkanes) is 10. The predicted octanol–water partition coefficient (Wildman–Crippen LogP) is 3.52. The molecule has 5 N–H and O–H groups in total. The van der Waals surface area contributed by atoms with Crippen LogP contribution in [0.5, 0.6) is 0 Å². The molecule has 0 spiro atoms. The van der Waals surface area contributed by atoms with Gasteiger partial charge in [0, 0.05) is 6.54 Å². The van der Waals surface area contributed by atoms with Gasteiger partial charge in [0.05, 0.1) is 13.1 Å². The van der Waals surface area contributed by atoms with Gasteiger partial charge in [-0.3, -0.25) is 15.4 Å². The largest absolute Gasteiger partial charge is 0.481 e. The zero-order valence-electron chi connectivity index (χ0n) is 18.1. The highest BCUT2D eigenvalue weighted by molar-refractivity contribution is 5.82. The van der Waals surface area contributed by atoms with Crippen LogP contribution in [0.2, 0.25) is 0 Å². The minimum atomic E-state index is -0.840. The molecule has 7 heteroatoms. The van der Waals surface area contributed by atoms with Gasteiger partial charge in [-0.15, -0.1) is 0 Å². The molecule has 0 aromatic heterocycles. The summed E-state index contributed by atoms with van der Waals surface area (Å²) in [6, 6.07) is 0. The molecule has 164 valence electrons. The van der Waals surface area contributed by atoms with Crippen LogP contribution in [0.4, 0.5) is 0 Å². The summed E-state index contributed by atoms with van der Waals surface area (Å²) in [5.74, 6) is -0.989. The highest BCUT2D eigenvalue weighted by atomic mass is 16.4. The van der Waals surface area contributed by atoms with Gasteiger partial charge in [0.15, 0.2) is 11.7 Å². The summed E-state index contributed by atoms with van der Waals surface area (Å²) in [4.78, 5) is 15.8. The Balaban J connectivity index is 2.33. The average Bonchev–Trinajstić information content (AvgIpc) is 2.66. The Hall–Kier alpha value is -1.34. The molecule has 0 amide bonds. The lowest BCUT2D eigenvalue weighted by Crippen LogP contribution is -2.72. The quantitative estimate of drug-likeness (QED) is 0.241. The lowest BCUT2D eigenvalue weighted by molar-refractivity contribution is -0.139. The van der Waals surface area contributed by atoms with Crippen molar-refractivity contribution in [2.75, 3.05) is 19.8 Å². The van der Waals surface area contributed by atoms with Gasteiger partial charge < -0.3 is 15.7 Å². The number of carbonyl (C=O) groups is 1. The van der Waals surface area contributed by atoms with Crippen molar-refractivity contribution in [3.63, 3.8) is 0 Å². The van der Waals surface area contributed by atoms with E-state index >= 15 is 0 Å². The molecule has 0 aromatic carbocycles. The summed E-state index contributed by atoms with van der Waals surface area (Å²) in [5, 5.41) is 22.5. The number of hydrogen-bond acceptors (Lipinski definition) is 6. The van der Waals surface area contributed by atoms with Crippen molar-refractivity contribution in [3.8, 4) is 0 Å². The summed E-state index contributed by atoms with van der Waals surface area (Å²) < 4.78 is 0. The molecule has 7 nitrogen and oxygen atoms in total. The van der Waals surface area contributed by atoms with Crippen LogP contribution >= 0.6 is 0 Å². The fraction of sp³-hybridized carbons (Fsp3) is 0.905. The monoisotopic (exact) mass is 397 g/mol. The first kappa shape index (κ1) is 24.7. The number of aliphatic carboxylic acids is 1. The van der Waals surface area contributed by atoms with E-state index in [1.807, 2.05) is 0 Å². The second-order valence-corrected chi connectivity index (χ2v) is 7.83. The van der Waals surface area contributed by atoms with Crippen LogP contribution in [-0.4, -0.2) is 42.6 Å². The van der Waals surface area contributed by atoms with Gasteiger partial charge in [-0.1, -0.05) is 78.1 Å². The summed E-state index contributed by atoms with van der Waals surface area (Å²) in [7, 11) is 0. The van der Waals surface area contributed by atoms with Gasteiger partial charge in [0.1, 0.15) is 0 Å². The predicted molar refractivity (Wildman–Crippen MR) is 116 cm³/mol. The van der Waals surface area contributed by atoms with E-state index in [-0.39, 0.29) is 6.42 Å². The standard InChI is InChI=1S/C21H43N5O2/c1-3-5-7-9-11-13-15-22-20-23-18-25-21(26-20,17-19(27)28)24-16-14-12-10-8-6-4-2/h24-25H,3-18H2,1-2H3,(H,27,28)(H2,22,23,26). The van der Waals surface area contributed by atoms with Crippen molar-refractivity contribution in [1.82, 2.24) is 21.3 Å². The first-order valence-electron chi connectivity index (χ1n) is 11.4. The van der Waals surface area contributed by atoms with Crippen LogP contribution in [0, 0.1) is 0 Å². The molecule has 0 saturated carbocycles. The summed E-state index contributed by atoms with van der Waals surface area (Å²) in [6.07, 6.45) is 14.7. The molecular weight excluding hydrogens is 354 g/mol. The third-order valence-electron chi connectivity index (χ3n) is 5.15. The Morgan fingerprint density at radius 2 is 1.54 bits per heavy atom. The molecule has 1 atom stereocenters. The number of nitrogens with zero attached hydrogens (tertiary/aromatic N) is 1. The molecule has 0 fully saturated rings. The van der Waals surface area contributed by atoms with E-state index in [1.54, 1.807) is 0 Å². The van der Waals surface area contributed by atoms with Crippen LogP contribution in [0.15, 0.2) is 4.99 Å². The molecule has 0 saturated heterocycles. The van der Waals surface area contributed by atoms with E-state index in [2.05, 4.69) is 40.1 Å². The molecular formula is C21H43N5O2. The third kappa shape index (κ3) is 11.5. The minimum Gasteiger partial charge on any atom is -0.481 e. The van der Waals surface area contributed by atoms with Crippen molar-refractivity contribution < 1.29 is 9.90 Å². The molecule has 1 heterocycles. The summed E-state index contributed by atoms with van der Waals surface area (Å²) >= 11 is 0. The maximum atomic E-state index is 11.4. The van der Waals surface area contributed by atoms with Gasteiger partial charge in [-0.25, -0.2) is 4.99 Å². The molecule has 0 radical (unpaired) electrons. The smallest absolute Gasteiger partial charge is 0.308 e. The molecule has 1 unspecified atom stereocenters. The van der Waals surface area contributed by atoms with Crippen LogP contribution in [0.3, 0.4) is 0 Å². The van der Waals surface area contributed by atoms with Gasteiger partial charge in [-0.2, -0.15) is 0 Å². The SMILES string of the molecule is CCCCCCCCNC1=NCNC(CC(=O)O)(NCCCCCCCC)N1. The fourth-order valence-electron chi connectivity index (χ4n) is 3.46. The van der Waals surface area contributed by atoms with E-state index in [4.69, 9.17) is 0 Å². The third-order valence-corrected chi connectivity index (χ3v) is 5.15. The van der Waals surface area contributed by atoms with Gasteiger partial charge in [0.25, 0.3) is 0 Å². The van der Waals surface area contributed by atoms with Crippen LogP contribution in [0.25, 0.3) is 0 Å². The van der Waals surface area contributed by atoms with Crippen molar-refractivity contribution >= 4 is 11.9 Å². The Bertz CT molecular complexity index is 445. The van der Waals surface area contributed by atoms with E-state index in [9.17, 15) is 9.90 Å². The molecule has 0 aliphatic carbocycles. The number of aliphatic imine (C=N–C) groups is 1. The topological polar surface area (TPSA) is 97.8 Å². The van der Waals surface area contributed by atoms with Gasteiger partial charge in [-0.05, 0) is 19.4 Å². The number of carboxylic acid groups (broad SMARTS) is 1. The first-order chi connectivity index (χ1) is 13.6. The van der Waals surface area contributed by atoms with E-state index in [1.165, 1.54) is 64.2 Å². The molecule has 0 bridgehead atoms. The lowest BCUT2D eigenvalue weighted by Gasteiger charge is -2.39. The van der Waals surface area contributed by atoms with Crippen LogP contribution in [0.1, 0.15) is 97.3 Å². The first-order valence-corrected chi connectivity index (χ1v) is 11.4. The normalized spacial score (nSPS) is 19.1. The number of hydrogen-bond donors (Lipinski definition) is 5. The Morgan fingerprint density at radius 1 is 0.964 bits per heavy atom. The van der Waals surface area contributed by atoms with Crippen molar-refractivity contribution in [2.24, 2.45) is 4.99 Å². The Kier molecular flexibility index (Phi) is 13.7. The van der Waals surface area contributed by atoms with E-state index < -0.39 is 11.8 Å². The molecule has 1 rings (SSSR count). The van der Waals surface area contributed by atoms with Crippen LogP contribution < -0.4 is 21.3 Å². The number of nitrogens with one attached hydrogen (secondary N) is 4. The Morgan fingerprint density at radius 3 is 2.14 bits per heavy atom. The van der Waals surface area contributed by atoms with Gasteiger partial charge in [0.2, 0.25) is 0 Å². The van der Waals surface area contributed by atoms with Gasteiger partial charge >= 0.3 is 5.97 Å². The fourth-order valence-corrected chi connectivity index (χ4v) is 3.46. The Labute approximate surface area is 171 Å². The highest BCUT2D eigenvalue weighted by Gasteiger charge is 2.34. The zero-order valence-corrected chi connectivity index (χ0v) is 18.1. The van der Waals surface area contributed by atoms with E-state index in [0.717, 1.165) is 25.9 Å². The second-order valence-electron chi connectivity index (χ2n) is 7.83. The average molecular weight is 398 g/mol. The number of carboxylic acids is 1. The summed E-state index contributed by atoms with van der Waals surface area (Å²) in [6.45, 7) is 6.49. The molecule has 0 aromatic rings. The molecule has 1 aliphatic rings. The second kappa shape index (κ2) is 15.6. The highest BCUT2D eigenvalue weighted by Crippen LogP contribution is 2.09. The molecule has 1 aliphatic heterocycles. The number of rotatable bonds is 17. The maximum Gasteiger partial charge on any atom is 0.308 e. The van der Waals surface area contributed by atoms with Crippen molar-refractivity contribution in [2.45, 2.75) is 103 Å². The van der Waals surface area contributed by atoms with Crippen molar-refractivity contribution in [1.29, 1.82) is 0 Å². The lowest BCUT2D eigenvalue weighted by atomic mass is 10.1. The maximum absolute atomic E-state index is 11.4. The minimum absolute atomic E-state index is 0.0411.